The number of carbonyl (C=O) groups is 11. The number of aliphatic hydroxyl groups excluding tert-OH is 2. The third-order valence-corrected chi connectivity index (χ3v) is 18.4. The summed E-state index contributed by atoms with van der Waals surface area (Å²) >= 11 is 6.19. The van der Waals surface area contributed by atoms with Crippen molar-refractivity contribution in [2.24, 2.45) is 23.7 Å². The summed E-state index contributed by atoms with van der Waals surface area (Å²) in [7, 11) is -8.63. The summed E-state index contributed by atoms with van der Waals surface area (Å²) in [5.74, 6) is -16.8. The molecule has 1 fully saturated rings. The van der Waals surface area contributed by atoms with Gasteiger partial charge in [0.1, 0.15) is 56.5 Å². The van der Waals surface area contributed by atoms with E-state index in [0.29, 0.717) is 34.8 Å². The first-order chi connectivity index (χ1) is 52.1. The SMILES string of the molecule is O=S(=O)=O.O=S(=O)=O.[CH2-]NCC[C@@H]1NC(=O)[C@@H](NC(=O)[C@H](CN[CH2-])CC(=O)[C@@H](NC(=O)[C@H](CCNCS(=O)(=O)[O-])CC(=O)c2ccnc(-c3cccc(Cl)c3)c2)[C@@H](C)O)CCNC(=O)[C@H]([C@@H](C)O)NC(=O)[C@H](CCNCS(=O)(=O)[O-])NC(=O)[C@H](CCNCC)NC(=O)[C@H]([C@@H](C)CC)CC(=O)[C@@H](Cc2ccccc2)NC1=O.[Na+].[Na+].[Na+].[Na+]. The number of ketones is 3. The third-order valence-electron chi connectivity index (χ3n) is 17.1. The van der Waals surface area contributed by atoms with Gasteiger partial charge in [0.25, 0.3) is 0 Å². The molecule has 0 bridgehead atoms. The number of nitrogens with zero attached hydrogens (tertiary/aromatic N) is 1. The number of carbonyl (C=O) groups excluding carboxylic acids is 11. The Bertz CT molecular complexity index is 4070. The van der Waals surface area contributed by atoms with Gasteiger partial charge in [0.15, 0.2) is 17.3 Å². The first kappa shape index (κ1) is 115. The number of pyridine rings is 1. The van der Waals surface area contributed by atoms with Crippen molar-refractivity contribution in [3.8, 4) is 11.3 Å². The third kappa shape index (κ3) is 47.3. The molecule has 1 aliphatic rings. The van der Waals surface area contributed by atoms with Crippen molar-refractivity contribution in [1.29, 1.82) is 0 Å². The van der Waals surface area contributed by atoms with Crippen molar-refractivity contribution in [3.05, 3.63) is 103 Å². The second-order valence-corrected chi connectivity index (χ2v) is 29.7. The van der Waals surface area contributed by atoms with E-state index in [0.717, 1.165) is 13.8 Å². The zero-order valence-corrected chi connectivity index (χ0v) is 77.5. The Balaban J connectivity index is -0.00000995. The molecule has 1 aliphatic heterocycles. The van der Waals surface area contributed by atoms with Crippen LogP contribution in [0.15, 0.2) is 72.9 Å². The van der Waals surface area contributed by atoms with Crippen LogP contribution in [0.25, 0.3) is 11.3 Å². The van der Waals surface area contributed by atoms with Gasteiger partial charge in [0.05, 0.1) is 41.6 Å². The van der Waals surface area contributed by atoms with Gasteiger partial charge in [0.2, 0.25) is 47.3 Å². The van der Waals surface area contributed by atoms with Gasteiger partial charge < -0.3 is 88.4 Å². The molecule has 8 amide bonds. The molecule has 4 rings (SSSR count). The molecule has 39 nitrogen and oxygen atoms in total. The summed E-state index contributed by atoms with van der Waals surface area (Å²) in [5.41, 5.74) is 1.59. The molecule has 620 valence electrons. The van der Waals surface area contributed by atoms with Crippen LogP contribution in [0.5, 0.6) is 0 Å². The fraction of sp³-hybridized carbons (Fsp3) is 0.552. The van der Waals surface area contributed by atoms with E-state index in [9.17, 15) is 88.9 Å². The number of Topliss-reactive ketones (excluding diaryl/α,β-unsaturated/α-hetero) is 3. The molecule has 1 aromatic heterocycles. The number of benzene rings is 2. The Hall–Kier alpha value is -4.57. The summed E-state index contributed by atoms with van der Waals surface area (Å²) < 4.78 is 120. The molecule has 0 aliphatic carbocycles. The van der Waals surface area contributed by atoms with E-state index in [2.05, 4.69) is 88.2 Å². The van der Waals surface area contributed by atoms with Crippen LogP contribution in [0.1, 0.15) is 108 Å². The molecule has 115 heavy (non-hydrogen) atoms. The van der Waals surface area contributed by atoms with E-state index in [1.807, 2.05) is 0 Å². The normalized spacial score (nSPS) is 19.5. The predicted molar refractivity (Wildman–Crippen MR) is 396 cm³/mol. The Kier molecular flexibility index (Phi) is 60.6. The van der Waals surface area contributed by atoms with Gasteiger partial charge >= 0.3 is 139 Å². The van der Waals surface area contributed by atoms with E-state index in [1.165, 1.54) is 18.3 Å². The zero-order valence-electron chi connectivity index (χ0n) is 65.5. The molecule has 3 aromatic rings. The number of amides is 8. The fourth-order valence-corrected chi connectivity index (χ4v) is 12.0. The van der Waals surface area contributed by atoms with Crippen LogP contribution < -0.4 is 187 Å². The minimum absolute atomic E-state index is 0. The first-order valence-corrected chi connectivity index (χ1v) is 40.3. The maximum Gasteiger partial charge on any atom is 1.00 e. The second kappa shape index (κ2) is 60.8. The van der Waals surface area contributed by atoms with Crippen molar-refractivity contribution in [2.75, 3.05) is 57.6 Å². The van der Waals surface area contributed by atoms with Crippen LogP contribution in [0, 0.1) is 37.8 Å². The summed E-state index contributed by atoms with van der Waals surface area (Å²) in [4.78, 5) is 164. The van der Waals surface area contributed by atoms with Crippen molar-refractivity contribution < 1.29 is 232 Å². The summed E-state index contributed by atoms with van der Waals surface area (Å²) in [6.07, 6.45) is -5.23. The van der Waals surface area contributed by atoms with Gasteiger partial charge in [-0.2, -0.15) is 0 Å². The van der Waals surface area contributed by atoms with Gasteiger partial charge in [-0.25, -0.2) is 16.8 Å². The van der Waals surface area contributed by atoms with E-state index < -0.39 is 248 Å². The molecule has 0 unspecified atom stereocenters. The van der Waals surface area contributed by atoms with Crippen LogP contribution in [-0.4, -0.2) is 243 Å². The molecular formula is C67H97ClN14Na4O25S4. The van der Waals surface area contributed by atoms with E-state index in [1.54, 1.807) is 75.4 Å². The standard InChI is InChI=1S/C67H99ClN14O19S2.4Na.2O3S/c1-8-39(3)48-35-56(86)54(30-42-14-11-10-12-15-42)80-65(93)49(20-24-69-6)78-64(92)52(23-29-75-67(95)59(41(5)84)82-66(94)51(22-27-73-38-103(99,100)101)79-63(91)50(77-62(48)90)21-26-71-9-2)76-61(89)46(36-70-7)34-57(87)58(40(4)83)81-60(88)45(18-25-72-37-102(96,97)98)33-55(85)44-19-28-74-53(32-44)43-16-13-17-47(68)31-43;;;;;2*1-4(2)3/h10-17,19,28,31-32,39-41,45-46,48-52,54,58-59,69-73,83-84H,6-9,18,20-27,29-30,33-38H2,1-5H3,(H,75,95)(H,76,89)(H,77,90)(H,78,92)(H,79,91)(H,80,93)(H,81,88)(H,82,94)(H,96,97,98)(H,99,100,101);;;;;;/q-2;4*+1;;/p-2/t39-,40+,41+,45+,46-,48-,49-,50-,51-,52-,54+,58-,59-;;;;;;/m0....../s1. The minimum Gasteiger partial charge on any atom is -0.747 e. The average Bonchev–Trinajstić information content (AvgIpc) is 1.12. The van der Waals surface area contributed by atoms with Crippen molar-refractivity contribution in [1.82, 2.24) is 74.1 Å². The number of hydrogen-bond donors (Lipinski definition) is 15. The average molecular weight is 1750 g/mol. The quantitative estimate of drug-likeness (QED) is 0.00845. The van der Waals surface area contributed by atoms with Crippen LogP contribution >= 0.6 is 11.6 Å². The van der Waals surface area contributed by atoms with Crippen molar-refractivity contribution in [3.63, 3.8) is 0 Å². The zero-order chi connectivity index (χ0) is 83.7. The van der Waals surface area contributed by atoms with Gasteiger partial charge in [-0.15, -0.1) is 25.3 Å². The second-order valence-electron chi connectivity index (χ2n) is 25.6. The summed E-state index contributed by atoms with van der Waals surface area (Å²) in [6.45, 7) is 6.41. The molecule has 15 N–H and O–H groups in total. The molecule has 1 saturated heterocycles. The number of hydrogen-bond acceptors (Lipinski definition) is 31. The molecule has 2 heterocycles. The molecule has 13 atom stereocenters. The van der Waals surface area contributed by atoms with E-state index >= 15 is 0 Å². The van der Waals surface area contributed by atoms with Crippen molar-refractivity contribution >= 4 is 118 Å². The molecule has 0 radical (unpaired) electrons. The van der Waals surface area contributed by atoms with E-state index in [4.69, 9.17) is 36.9 Å². The minimum atomic E-state index is -4.83. The van der Waals surface area contributed by atoms with Gasteiger partial charge in [-0.1, -0.05) is 81.3 Å². The Morgan fingerprint density at radius 2 is 1.17 bits per heavy atom. The molecule has 0 saturated carbocycles. The van der Waals surface area contributed by atoms with Crippen LogP contribution in [0.4, 0.5) is 0 Å². The Morgan fingerprint density at radius 3 is 1.69 bits per heavy atom. The van der Waals surface area contributed by atoms with Crippen LogP contribution in [0.3, 0.4) is 0 Å². The first-order valence-electron chi connectivity index (χ1n) is 34.8. The van der Waals surface area contributed by atoms with Gasteiger partial charge in [0, 0.05) is 60.0 Å². The Labute approximate surface area is 765 Å². The molecule has 2 aromatic carbocycles. The smallest absolute Gasteiger partial charge is 0.747 e. The number of aliphatic hydroxyl groups is 2. The number of nitrogens with one attached hydrogen (secondary N) is 13. The summed E-state index contributed by atoms with van der Waals surface area (Å²) in [6, 6.07) is 6.60. The van der Waals surface area contributed by atoms with Crippen molar-refractivity contribution in [2.45, 2.75) is 153 Å². The topological polar surface area (TPSA) is 614 Å². The van der Waals surface area contributed by atoms with E-state index in [-0.39, 0.29) is 169 Å². The maximum atomic E-state index is 14.9. The Morgan fingerprint density at radius 1 is 0.635 bits per heavy atom. The number of rotatable bonds is 36. The van der Waals surface area contributed by atoms with Crippen LogP contribution in [-0.2, 0) is 95.8 Å². The van der Waals surface area contributed by atoms with Gasteiger partial charge in [-0.05, 0) is 127 Å². The van der Waals surface area contributed by atoms with Gasteiger partial charge in [-0.3, -0.25) is 71.8 Å². The number of halogens is 1. The molecule has 0 spiro atoms. The predicted octanol–water partition coefficient (Wildman–Crippen LogP) is -16.2. The maximum absolute atomic E-state index is 14.9. The molecule has 48 heteroatoms. The van der Waals surface area contributed by atoms with Crippen LogP contribution in [0.2, 0.25) is 5.02 Å². The fourth-order valence-electron chi connectivity index (χ4n) is 11.1. The largest absolute Gasteiger partial charge is 1.00 e. The monoisotopic (exact) mass is 1750 g/mol. The number of aromatic nitrogens is 1. The molecular weight excluding hydrogens is 1660 g/mol. The summed E-state index contributed by atoms with van der Waals surface area (Å²) in [5, 5.41) is 56.0.